The molecule has 4 nitrogen and oxygen atoms in total. The average Bonchev–Trinajstić information content (AvgIpc) is 2.83. The third-order valence-corrected chi connectivity index (χ3v) is 2.26. The standard InChI is InChI=1S/C11H21NO3/c1-11(2,3)15-10(14)12-9(7-13)6-8-4-5-8/h8-9,13H,4-7H2,1-3H3,(H,12,14)/t9-/m0/s1. The molecule has 0 aromatic heterocycles. The number of carbonyl (C=O) groups is 1. The summed E-state index contributed by atoms with van der Waals surface area (Å²) in [5, 5.41) is 11.8. The van der Waals surface area contributed by atoms with Gasteiger partial charge >= 0.3 is 6.09 Å². The molecule has 0 spiro atoms. The second-order valence-electron chi connectivity index (χ2n) is 5.20. The molecule has 4 heteroatoms. The fourth-order valence-electron chi connectivity index (χ4n) is 1.41. The van der Waals surface area contributed by atoms with Crippen LogP contribution in [0.2, 0.25) is 0 Å². The normalized spacial score (nSPS) is 18.4. The van der Waals surface area contributed by atoms with Crippen LogP contribution in [0.3, 0.4) is 0 Å². The molecule has 1 amide bonds. The van der Waals surface area contributed by atoms with Gasteiger partial charge in [0.2, 0.25) is 0 Å². The Hall–Kier alpha value is -0.770. The predicted octanol–water partition coefficient (Wildman–Crippen LogP) is 1.67. The van der Waals surface area contributed by atoms with Crippen molar-refractivity contribution in [2.75, 3.05) is 6.61 Å². The summed E-state index contributed by atoms with van der Waals surface area (Å²) in [5.41, 5.74) is -0.482. The van der Waals surface area contributed by atoms with Crippen molar-refractivity contribution in [3.05, 3.63) is 0 Å². The number of nitrogens with one attached hydrogen (secondary N) is 1. The Labute approximate surface area is 91.0 Å². The molecule has 2 N–H and O–H groups in total. The van der Waals surface area contributed by atoms with E-state index in [0.717, 1.165) is 6.42 Å². The highest BCUT2D eigenvalue weighted by Gasteiger charge is 2.27. The molecular formula is C11H21NO3. The van der Waals surface area contributed by atoms with Crippen LogP contribution in [0.1, 0.15) is 40.0 Å². The average molecular weight is 215 g/mol. The van der Waals surface area contributed by atoms with Crippen molar-refractivity contribution >= 4 is 6.09 Å². The molecule has 0 aromatic rings. The van der Waals surface area contributed by atoms with Crippen LogP contribution in [-0.2, 0) is 4.74 Å². The van der Waals surface area contributed by atoms with Gasteiger partial charge in [0.1, 0.15) is 5.60 Å². The molecule has 1 saturated carbocycles. The van der Waals surface area contributed by atoms with Crippen molar-refractivity contribution in [2.45, 2.75) is 51.7 Å². The number of rotatable bonds is 4. The van der Waals surface area contributed by atoms with Gasteiger partial charge in [-0.15, -0.1) is 0 Å². The number of carbonyl (C=O) groups excluding carboxylic acids is 1. The number of amides is 1. The Bertz CT molecular complexity index is 218. The molecule has 0 saturated heterocycles. The van der Waals surface area contributed by atoms with Crippen LogP contribution in [0.4, 0.5) is 4.79 Å². The van der Waals surface area contributed by atoms with Gasteiger partial charge in [-0.1, -0.05) is 12.8 Å². The van der Waals surface area contributed by atoms with Gasteiger partial charge in [0.25, 0.3) is 0 Å². The molecule has 0 radical (unpaired) electrons. The Kier molecular flexibility index (Phi) is 3.97. The van der Waals surface area contributed by atoms with E-state index in [1.807, 2.05) is 20.8 Å². The largest absolute Gasteiger partial charge is 0.444 e. The number of ether oxygens (including phenoxy) is 1. The minimum Gasteiger partial charge on any atom is -0.444 e. The van der Waals surface area contributed by atoms with Crippen molar-refractivity contribution in [1.29, 1.82) is 0 Å². The van der Waals surface area contributed by atoms with Crippen LogP contribution >= 0.6 is 0 Å². The molecule has 0 aromatic carbocycles. The highest BCUT2D eigenvalue weighted by atomic mass is 16.6. The maximum Gasteiger partial charge on any atom is 0.407 e. The summed E-state index contributed by atoms with van der Waals surface area (Å²) in [7, 11) is 0. The number of hydrogen-bond donors (Lipinski definition) is 2. The van der Waals surface area contributed by atoms with E-state index in [0.29, 0.717) is 5.92 Å². The molecular weight excluding hydrogens is 194 g/mol. The lowest BCUT2D eigenvalue weighted by atomic mass is 10.1. The molecule has 88 valence electrons. The molecule has 0 unspecified atom stereocenters. The first kappa shape index (κ1) is 12.3. The molecule has 0 aliphatic heterocycles. The van der Waals surface area contributed by atoms with Gasteiger partial charge in [-0.3, -0.25) is 0 Å². The Morgan fingerprint density at radius 1 is 1.53 bits per heavy atom. The molecule has 1 aliphatic carbocycles. The first-order chi connectivity index (χ1) is 6.90. The monoisotopic (exact) mass is 215 g/mol. The van der Waals surface area contributed by atoms with Crippen LogP contribution in [0, 0.1) is 5.92 Å². The van der Waals surface area contributed by atoms with Crippen molar-refractivity contribution in [1.82, 2.24) is 5.32 Å². The minimum atomic E-state index is -0.482. The zero-order chi connectivity index (χ0) is 11.5. The van der Waals surface area contributed by atoms with Gasteiger partial charge in [0.05, 0.1) is 12.6 Å². The fraction of sp³-hybridized carbons (Fsp3) is 0.909. The summed E-state index contributed by atoms with van der Waals surface area (Å²) < 4.78 is 5.11. The van der Waals surface area contributed by atoms with Gasteiger partial charge in [-0.25, -0.2) is 4.79 Å². The smallest absolute Gasteiger partial charge is 0.407 e. The Balaban J connectivity index is 2.27. The van der Waals surface area contributed by atoms with E-state index in [9.17, 15) is 4.79 Å². The maximum atomic E-state index is 11.4. The van der Waals surface area contributed by atoms with E-state index in [2.05, 4.69) is 5.32 Å². The quantitative estimate of drug-likeness (QED) is 0.750. The lowest BCUT2D eigenvalue weighted by Gasteiger charge is -2.22. The summed E-state index contributed by atoms with van der Waals surface area (Å²) in [5.74, 6) is 0.678. The molecule has 15 heavy (non-hydrogen) atoms. The lowest BCUT2D eigenvalue weighted by molar-refractivity contribution is 0.0477. The second kappa shape index (κ2) is 4.84. The van der Waals surface area contributed by atoms with Crippen LogP contribution in [0.25, 0.3) is 0 Å². The van der Waals surface area contributed by atoms with Crippen LogP contribution in [0.15, 0.2) is 0 Å². The minimum absolute atomic E-state index is 0.0181. The summed E-state index contributed by atoms with van der Waals surface area (Å²) in [6.07, 6.45) is 2.84. The van der Waals surface area contributed by atoms with Gasteiger partial charge in [-0.2, -0.15) is 0 Å². The molecule has 1 rings (SSSR count). The molecule has 0 heterocycles. The third-order valence-electron chi connectivity index (χ3n) is 2.26. The molecule has 1 aliphatic rings. The van der Waals surface area contributed by atoms with Crippen LogP contribution < -0.4 is 5.32 Å². The SMILES string of the molecule is CC(C)(C)OC(=O)N[C@H](CO)CC1CC1. The highest BCUT2D eigenvalue weighted by molar-refractivity contribution is 5.68. The summed E-state index contributed by atoms with van der Waals surface area (Å²) in [6, 6.07) is -0.160. The Morgan fingerprint density at radius 2 is 2.13 bits per heavy atom. The van der Waals surface area contributed by atoms with Gasteiger partial charge in [-0.05, 0) is 33.1 Å². The zero-order valence-corrected chi connectivity index (χ0v) is 9.75. The second-order valence-corrected chi connectivity index (χ2v) is 5.20. The number of aliphatic hydroxyl groups excluding tert-OH is 1. The predicted molar refractivity (Wildman–Crippen MR) is 57.6 cm³/mol. The van der Waals surface area contributed by atoms with Gasteiger partial charge in [0.15, 0.2) is 0 Å². The zero-order valence-electron chi connectivity index (χ0n) is 9.75. The van der Waals surface area contributed by atoms with Gasteiger partial charge in [0, 0.05) is 0 Å². The molecule has 1 fully saturated rings. The van der Waals surface area contributed by atoms with Crippen molar-refractivity contribution < 1.29 is 14.6 Å². The number of aliphatic hydroxyl groups is 1. The summed E-state index contributed by atoms with van der Waals surface area (Å²) in [6.45, 7) is 5.44. The number of alkyl carbamates (subject to hydrolysis) is 1. The number of hydrogen-bond acceptors (Lipinski definition) is 3. The maximum absolute atomic E-state index is 11.4. The van der Waals surface area contributed by atoms with E-state index in [4.69, 9.17) is 9.84 Å². The van der Waals surface area contributed by atoms with E-state index in [1.165, 1.54) is 12.8 Å². The van der Waals surface area contributed by atoms with Gasteiger partial charge < -0.3 is 15.2 Å². The first-order valence-corrected chi connectivity index (χ1v) is 5.51. The Morgan fingerprint density at radius 3 is 2.53 bits per heavy atom. The van der Waals surface area contributed by atoms with Crippen LogP contribution in [0.5, 0.6) is 0 Å². The third kappa shape index (κ3) is 5.62. The fourth-order valence-corrected chi connectivity index (χ4v) is 1.41. The van der Waals surface area contributed by atoms with Crippen molar-refractivity contribution in [3.8, 4) is 0 Å². The summed E-state index contributed by atoms with van der Waals surface area (Å²) >= 11 is 0. The van der Waals surface area contributed by atoms with E-state index >= 15 is 0 Å². The topological polar surface area (TPSA) is 58.6 Å². The van der Waals surface area contributed by atoms with E-state index in [1.54, 1.807) is 0 Å². The van der Waals surface area contributed by atoms with Crippen LogP contribution in [-0.4, -0.2) is 29.4 Å². The first-order valence-electron chi connectivity index (χ1n) is 5.51. The van der Waals surface area contributed by atoms with E-state index < -0.39 is 11.7 Å². The van der Waals surface area contributed by atoms with Crippen molar-refractivity contribution in [2.24, 2.45) is 5.92 Å². The summed E-state index contributed by atoms with van der Waals surface area (Å²) in [4.78, 5) is 11.4. The lowest BCUT2D eigenvalue weighted by Crippen LogP contribution is -2.41. The molecule has 0 bridgehead atoms. The highest BCUT2D eigenvalue weighted by Crippen LogP contribution is 2.33. The van der Waals surface area contributed by atoms with E-state index in [-0.39, 0.29) is 12.6 Å². The molecule has 1 atom stereocenters. The van der Waals surface area contributed by atoms with Crippen molar-refractivity contribution in [3.63, 3.8) is 0 Å².